The van der Waals surface area contributed by atoms with E-state index in [1.54, 1.807) is 19.2 Å². The summed E-state index contributed by atoms with van der Waals surface area (Å²) in [7, 11) is 1.56. The predicted octanol–water partition coefficient (Wildman–Crippen LogP) is 3.93. The Morgan fingerprint density at radius 3 is 2.70 bits per heavy atom. The van der Waals surface area contributed by atoms with Gasteiger partial charge in [0.2, 0.25) is 0 Å². The topological polar surface area (TPSA) is 69.0 Å². The molecule has 2 heterocycles. The number of hydrogen-bond acceptors (Lipinski definition) is 4. The minimum atomic E-state index is -0.202. The molecule has 0 unspecified atom stereocenters. The maximum absolute atomic E-state index is 12.5. The summed E-state index contributed by atoms with van der Waals surface area (Å²) >= 11 is 0. The zero-order valence-corrected chi connectivity index (χ0v) is 15.3. The van der Waals surface area contributed by atoms with Crippen molar-refractivity contribution in [3.05, 3.63) is 59.9 Å². The first-order valence-electron chi connectivity index (χ1n) is 9.23. The summed E-state index contributed by atoms with van der Waals surface area (Å²) in [6, 6.07) is 14.8. The predicted molar refractivity (Wildman–Crippen MR) is 104 cm³/mol. The van der Waals surface area contributed by atoms with Gasteiger partial charge in [-0.2, -0.15) is 5.10 Å². The normalized spacial score (nSPS) is 13.5. The molecule has 0 saturated heterocycles. The van der Waals surface area contributed by atoms with Crippen molar-refractivity contribution in [3.8, 4) is 17.1 Å². The lowest BCUT2D eigenvalue weighted by Gasteiger charge is -2.09. The first kappa shape index (κ1) is 17.3. The first-order chi connectivity index (χ1) is 13.2. The molecular weight excluding hydrogens is 340 g/mol. The molecule has 0 atom stereocenters. The third kappa shape index (κ3) is 3.69. The van der Waals surface area contributed by atoms with Gasteiger partial charge in [0.25, 0.3) is 5.91 Å². The Morgan fingerprint density at radius 2 is 1.89 bits per heavy atom. The second-order valence-corrected chi connectivity index (χ2v) is 6.62. The number of methoxy groups -OCH3 is 1. The molecule has 1 aliphatic rings. The number of rotatable bonds is 4. The summed E-state index contributed by atoms with van der Waals surface area (Å²) < 4.78 is 7.28. The molecule has 0 radical (unpaired) electrons. The van der Waals surface area contributed by atoms with Crippen molar-refractivity contribution in [2.24, 2.45) is 0 Å². The van der Waals surface area contributed by atoms with Crippen molar-refractivity contribution in [1.82, 2.24) is 14.8 Å². The fourth-order valence-electron chi connectivity index (χ4n) is 3.32. The highest BCUT2D eigenvalue weighted by molar-refractivity contribution is 6.06. The summed E-state index contributed by atoms with van der Waals surface area (Å²) in [5, 5.41) is 7.55. The van der Waals surface area contributed by atoms with Crippen LogP contribution in [-0.2, 0) is 13.0 Å². The molecule has 3 aromatic rings. The SMILES string of the molecule is COc1ccccc1C(=O)Nc1ccc(-c2nc3n(n2)CCCCC3)cc1. The Labute approximate surface area is 158 Å². The van der Waals surface area contributed by atoms with Gasteiger partial charge in [-0.3, -0.25) is 4.79 Å². The van der Waals surface area contributed by atoms with E-state index < -0.39 is 0 Å². The van der Waals surface area contributed by atoms with Crippen molar-refractivity contribution in [3.63, 3.8) is 0 Å². The highest BCUT2D eigenvalue weighted by Crippen LogP contribution is 2.23. The lowest BCUT2D eigenvalue weighted by atomic mass is 10.1. The summed E-state index contributed by atoms with van der Waals surface area (Å²) in [6.07, 6.45) is 4.55. The van der Waals surface area contributed by atoms with Crippen LogP contribution in [0.1, 0.15) is 35.4 Å². The van der Waals surface area contributed by atoms with Gasteiger partial charge in [-0.1, -0.05) is 18.6 Å². The highest BCUT2D eigenvalue weighted by Gasteiger charge is 2.15. The van der Waals surface area contributed by atoms with Crippen molar-refractivity contribution in [2.45, 2.75) is 32.2 Å². The van der Waals surface area contributed by atoms with Gasteiger partial charge in [0.05, 0.1) is 12.7 Å². The highest BCUT2D eigenvalue weighted by atomic mass is 16.5. The molecule has 1 aliphatic heterocycles. The Balaban J connectivity index is 1.50. The Kier molecular flexibility index (Phi) is 4.87. The van der Waals surface area contributed by atoms with Crippen LogP contribution in [-0.4, -0.2) is 27.8 Å². The van der Waals surface area contributed by atoms with E-state index in [2.05, 4.69) is 15.4 Å². The number of fused-ring (bicyclic) bond motifs is 1. The number of ether oxygens (including phenoxy) is 1. The van der Waals surface area contributed by atoms with Crippen LogP contribution in [0.3, 0.4) is 0 Å². The van der Waals surface area contributed by atoms with Crippen molar-refractivity contribution in [2.75, 3.05) is 12.4 Å². The van der Waals surface area contributed by atoms with Gasteiger partial charge in [0.15, 0.2) is 5.82 Å². The standard InChI is InChI=1S/C21H22N4O2/c1-27-18-8-5-4-7-17(18)21(26)22-16-12-10-15(11-13-16)20-23-19-9-3-2-6-14-25(19)24-20/h4-5,7-8,10-13H,2-3,6,9,14H2,1H3,(H,22,26). The fourth-order valence-corrected chi connectivity index (χ4v) is 3.32. The molecular formula is C21H22N4O2. The number of hydrogen-bond donors (Lipinski definition) is 1. The van der Waals surface area contributed by atoms with E-state index in [0.717, 1.165) is 42.3 Å². The fraction of sp³-hybridized carbons (Fsp3) is 0.286. The van der Waals surface area contributed by atoms with Gasteiger partial charge in [-0.15, -0.1) is 0 Å². The van der Waals surface area contributed by atoms with Crippen LogP contribution in [0.25, 0.3) is 11.4 Å². The minimum absolute atomic E-state index is 0.202. The van der Waals surface area contributed by atoms with Crippen molar-refractivity contribution < 1.29 is 9.53 Å². The molecule has 0 spiro atoms. The van der Waals surface area contributed by atoms with Crippen LogP contribution < -0.4 is 10.1 Å². The van der Waals surface area contributed by atoms with Crippen LogP contribution in [0.4, 0.5) is 5.69 Å². The molecule has 0 aliphatic carbocycles. The summed E-state index contributed by atoms with van der Waals surface area (Å²) in [5.74, 6) is 2.16. The lowest BCUT2D eigenvalue weighted by molar-refractivity contribution is 0.102. The molecule has 2 aromatic carbocycles. The lowest BCUT2D eigenvalue weighted by Crippen LogP contribution is -2.13. The number of amides is 1. The largest absolute Gasteiger partial charge is 0.496 e. The van der Waals surface area contributed by atoms with E-state index in [0.29, 0.717) is 11.3 Å². The zero-order chi connectivity index (χ0) is 18.6. The second kappa shape index (κ2) is 7.61. The molecule has 138 valence electrons. The van der Waals surface area contributed by atoms with Gasteiger partial charge in [0, 0.05) is 24.2 Å². The van der Waals surface area contributed by atoms with Crippen LogP contribution in [0.15, 0.2) is 48.5 Å². The molecule has 4 rings (SSSR count). The van der Waals surface area contributed by atoms with Gasteiger partial charge < -0.3 is 10.1 Å². The van der Waals surface area contributed by atoms with Gasteiger partial charge >= 0.3 is 0 Å². The average molecular weight is 362 g/mol. The molecule has 0 fully saturated rings. The van der Waals surface area contributed by atoms with Crippen LogP contribution in [0.5, 0.6) is 5.75 Å². The number of carbonyl (C=O) groups excluding carboxylic acids is 1. The maximum atomic E-state index is 12.5. The van der Waals surface area contributed by atoms with Gasteiger partial charge in [-0.25, -0.2) is 9.67 Å². The number of aryl methyl sites for hydroxylation is 2. The molecule has 1 amide bonds. The van der Waals surface area contributed by atoms with Gasteiger partial charge in [-0.05, 0) is 49.2 Å². The number of benzene rings is 2. The molecule has 0 bridgehead atoms. The van der Waals surface area contributed by atoms with Gasteiger partial charge in [0.1, 0.15) is 11.6 Å². The smallest absolute Gasteiger partial charge is 0.259 e. The van der Waals surface area contributed by atoms with Crippen molar-refractivity contribution >= 4 is 11.6 Å². The number of nitrogens with one attached hydrogen (secondary N) is 1. The molecule has 6 heteroatoms. The number of aromatic nitrogens is 3. The molecule has 27 heavy (non-hydrogen) atoms. The maximum Gasteiger partial charge on any atom is 0.259 e. The van der Waals surface area contributed by atoms with Crippen LogP contribution >= 0.6 is 0 Å². The zero-order valence-electron chi connectivity index (χ0n) is 15.3. The Hall–Kier alpha value is -3.15. The number of carbonyl (C=O) groups is 1. The van der Waals surface area contributed by atoms with E-state index in [1.165, 1.54) is 12.8 Å². The van der Waals surface area contributed by atoms with E-state index in [1.807, 2.05) is 41.1 Å². The third-order valence-electron chi connectivity index (χ3n) is 4.77. The Morgan fingerprint density at radius 1 is 1.07 bits per heavy atom. The first-order valence-corrected chi connectivity index (χ1v) is 9.23. The number of nitrogens with zero attached hydrogens (tertiary/aromatic N) is 3. The summed E-state index contributed by atoms with van der Waals surface area (Å²) in [4.78, 5) is 17.2. The van der Waals surface area contributed by atoms with Crippen LogP contribution in [0, 0.1) is 0 Å². The molecule has 0 saturated carbocycles. The van der Waals surface area contributed by atoms with Crippen LogP contribution in [0.2, 0.25) is 0 Å². The average Bonchev–Trinajstić information content (AvgIpc) is 2.99. The quantitative estimate of drug-likeness (QED) is 0.763. The summed E-state index contributed by atoms with van der Waals surface area (Å²) in [5.41, 5.74) is 2.17. The van der Waals surface area contributed by atoms with Crippen molar-refractivity contribution in [1.29, 1.82) is 0 Å². The molecule has 6 nitrogen and oxygen atoms in total. The van der Waals surface area contributed by atoms with E-state index in [9.17, 15) is 4.79 Å². The van der Waals surface area contributed by atoms with E-state index in [4.69, 9.17) is 4.74 Å². The number of para-hydroxylation sites is 1. The van der Waals surface area contributed by atoms with E-state index >= 15 is 0 Å². The minimum Gasteiger partial charge on any atom is -0.496 e. The molecule has 1 aromatic heterocycles. The molecule has 1 N–H and O–H groups in total. The van der Waals surface area contributed by atoms with E-state index in [-0.39, 0.29) is 5.91 Å². The monoisotopic (exact) mass is 362 g/mol. The number of anilines is 1. The summed E-state index contributed by atoms with van der Waals surface area (Å²) in [6.45, 7) is 0.940. The third-order valence-corrected chi connectivity index (χ3v) is 4.77. The second-order valence-electron chi connectivity index (χ2n) is 6.62. The Bertz CT molecular complexity index is 924.